The van der Waals surface area contributed by atoms with Crippen LogP contribution in [0.25, 0.3) is 0 Å². The lowest BCUT2D eigenvalue weighted by atomic mass is 10.1. The van der Waals surface area contributed by atoms with Gasteiger partial charge in [0.05, 0.1) is 5.69 Å². The summed E-state index contributed by atoms with van der Waals surface area (Å²) in [5.41, 5.74) is 8.45. The third-order valence-electron chi connectivity index (χ3n) is 3.70. The van der Waals surface area contributed by atoms with E-state index in [2.05, 4.69) is 20.4 Å². The second-order valence-corrected chi connectivity index (χ2v) is 5.17. The molecule has 1 fully saturated rings. The molecule has 1 aromatic heterocycles. The van der Waals surface area contributed by atoms with Crippen LogP contribution in [-0.4, -0.2) is 47.2 Å². The van der Waals surface area contributed by atoms with Crippen molar-refractivity contribution in [1.29, 1.82) is 0 Å². The number of H-pyrrole nitrogens is 1. The quantitative estimate of drug-likeness (QED) is 0.711. The molecule has 2 heterocycles. The van der Waals surface area contributed by atoms with Crippen LogP contribution in [0.1, 0.15) is 35.8 Å². The fraction of sp³-hybridized carbons (Fsp3) is 0.692. The second-order valence-electron chi connectivity index (χ2n) is 5.17. The van der Waals surface area contributed by atoms with Crippen LogP contribution in [0.5, 0.6) is 0 Å². The van der Waals surface area contributed by atoms with E-state index in [1.807, 2.05) is 13.8 Å². The number of hydrogen-bond acceptors (Lipinski definition) is 4. The predicted octanol–water partition coefficient (Wildman–Crippen LogP) is 0.238. The van der Waals surface area contributed by atoms with Crippen molar-refractivity contribution in [2.75, 3.05) is 26.2 Å². The van der Waals surface area contributed by atoms with E-state index >= 15 is 0 Å². The van der Waals surface area contributed by atoms with E-state index in [1.165, 1.54) is 12.8 Å². The second kappa shape index (κ2) is 6.16. The van der Waals surface area contributed by atoms with Crippen LogP contribution in [0.4, 0.5) is 0 Å². The van der Waals surface area contributed by atoms with Gasteiger partial charge < -0.3 is 16.0 Å². The Labute approximate surface area is 113 Å². The van der Waals surface area contributed by atoms with E-state index in [-0.39, 0.29) is 5.91 Å². The zero-order chi connectivity index (χ0) is 13.8. The number of aromatic nitrogens is 2. The smallest absolute Gasteiger partial charge is 0.241 e. The number of hydrogen-bond donors (Lipinski definition) is 3. The molecule has 0 bridgehead atoms. The molecule has 0 saturated carbocycles. The van der Waals surface area contributed by atoms with Crippen molar-refractivity contribution in [3.63, 3.8) is 0 Å². The van der Waals surface area contributed by atoms with Gasteiger partial charge in [-0.15, -0.1) is 0 Å². The van der Waals surface area contributed by atoms with Crippen LogP contribution in [0.15, 0.2) is 0 Å². The first-order chi connectivity index (χ1) is 9.09. The summed E-state index contributed by atoms with van der Waals surface area (Å²) >= 11 is 0. The van der Waals surface area contributed by atoms with Gasteiger partial charge in [-0.3, -0.25) is 9.89 Å². The van der Waals surface area contributed by atoms with Crippen molar-refractivity contribution in [3.8, 4) is 0 Å². The fourth-order valence-corrected chi connectivity index (χ4v) is 2.60. The highest BCUT2D eigenvalue weighted by molar-refractivity contribution is 5.83. The van der Waals surface area contributed by atoms with Gasteiger partial charge in [-0.1, -0.05) is 0 Å². The van der Waals surface area contributed by atoms with Crippen molar-refractivity contribution in [2.24, 2.45) is 5.73 Å². The van der Waals surface area contributed by atoms with E-state index in [0.29, 0.717) is 6.54 Å². The summed E-state index contributed by atoms with van der Waals surface area (Å²) in [5.74, 6) is -0.133. The van der Waals surface area contributed by atoms with Gasteiger partial charge in [-0.25, -0.2) is 0 Å². The monoisotopic (exact) mass is 265 g/mol. The first-order valence-corrected chi connectivity index (χ1v) is 6.86. The minimum Gasteiger partial charge on any atom is -0.353 e. The number of nitrogens with one attached hydrogen (secondary N) is 2. The van der Waals surface area contributed by atoms with Crippen molar-refractivity contribution in [2.45, 2.75) is 32.7 Å². The molecule has 1 amide bonds. The van der Waals surface area contributed by atoms with E-state index in [1.54, 1.807) is 0 Å². The van der Waals surface area contributed by atoms with Crippen molar-refractivity contribution in [1.82, 2.24) is 20.4 Å². The summed E-state index contributed by atoms with van der Waals surface area (Å²) in [6.45, 7) is 7.58. The molecule has 0 spiro atoms. The van der Waals surface area contributed by atoms with Crippen LogP contribution in [0.3, 0.4) is 0 Å². The van der Waals surface area contributed by atoms with E-state index in [9.17, 15) is 4.79 Å². The molecule has 1 aliphatic rings. The molecule has 1 aromatic rings. The Morgan fingerprint density at radius 3 is 2.74 bits per heavy atom. The number of carbonyl (C=O) groups excluding carboxylic acids is 1. The number of nitrogens with two attached hydrogens (primary N) is 1. The molecule has 1 unspecified atom stereocenters. The number of aromatic amines is 1. The summed E-state index contributed by atoms with van der Waals surface area (Å²) < 4.78 is 0. The highest BCUT2D eigenvalue weighted by Gasteiger charge is 2.21. The van der Waals surface area contributed by atoms with Gasteiger partial charge in [0.2, 0.25) is 5.91 Å². The Balaban J connectivity index is 1.82. The maximum atomic E-state index is 12.0. The van der Waals surface area contributed by atoms with Crippen molar-refractivity contribution < 1.29 is 4.79 Å². The fourth-order valence-electron chi connectivity index (χ4n) is 2.60. The van der Waals surface area contributed by atoms with E-state index in [0.717, 1.165) is 36.6 Å². The molecule has 2 rings (SSSR count). The molecule has 4 N–H and O–H groups in total. The maximum absolute atomic E-state index is 12.0. The summed E-state index contributed by atoms with van der Waals surface area (Å²) in [4.78, 5) is 14.4. The SMILES string of the molecule is Cc1n[nH]c(C)c1C(N)C(=O)NCCN1CCCC1. The lowest BCUT2D eigenvalue weighted by Crippen LogP contribution is -2.39. The molecule has 19 heavy (non-hydrogen) atoms. The van der Waals surface area contributed by atoms with Crippen molar-refractivity contribution in [3.05, 3.63) is 17.0 Å². The molecular formula is C13H23N5O. The highest BCUT2D eigenvalue weighted by Crippen LogP contribution is 2.17. The van der Waals surface area contributed by atoms with Crippen LogP contribution in [0, 0.1) is 13.8 Å². The molecule has 0 radical (unpaired) electrons. The minimum absolute atomic E-state index is 0.133. The van der Waals surface area contributed by atoms with Gasteiger partial charge >= 0.3 is 0 Å². The standard InChI is InChI=1S/C13H23N5O/c1-9-11(10(2)17-16-9)12(14)13(19)15-5-8-18-6-3-4-7-18/h12H,3-8,14H2,1-2H3,(H,15,19)(H,16,17). The Morgan fingerprint density at radius 2 is 2.16 bits per heavy atom. The molecule has 1 aliphatic heterocycles. The van der Waals surface area contributed by atoms with Gasteiger partial charge in [-0.2, -0.15) is 5.10 Å². The first-order valence-electron chi connectivity index (χ1n) is 6.86. The number of likely N-dealkylation sites (tertiary alicyclic amines) is 1. The molecule has 6 nitrogen and oxygen atoms in total. The normalized spacial score (nSPS) is 17.6. The van der Waals surface area contributed by atoms with E-state index in [4.69, 9.17) is 5.73 Å². The molecule has 6 heteroatoms. The van der Waals surface area contributed by atoms with E-state index < -0.39 is 6.04 Å². The van der Waals surface area contributed by atoms with Gasteiger partial charge in [0, 0.05) is 24.3 Å². The summed E-state index contributed by atoms with van der Waals surface area (Å²) in [5, 5.41) is 9.83. The number of aryl methyl sites for hydroxylation is 2. The summed E-state index contributed by atoms with van der Waals surface area (Å²) in [7, 11) is 0. The average molecular weight is 265 g/mol. The molecule has 1 atom stereocenters. The molecular weight excluding hydrogens is 242 g/mol. The lowest BCUT2D eigenvalue weighted by molar-refractivity contribution is -0.122. The molecule has 0 aromatic carbocycles. The number of rotatable bonds is 5. The molecule has 1 saturated heterocycles. The third kappa shape index (κ3) is 3.33. The minimum atomic E-state index is -0.641. The predicted molar refractivity (Wildman–Crippen MR) is 73.7 cm³/mol. The number of amides is 1. The maximum Gasteiger partial charge on any atom is 0.241 e. The largest absolute Gasteiger partial charge is 0.353 e. The summed E-state index contributed by atoms with van der Waals surface area (Å²) in [6.07, 6.45) is 2.53. The van der Waals surface area contributed by atoms with Crippen molar-refractivity contribution >= 4 is 5.91 Å². The van der Waals surface area contributed by atoms with Crippen LogP contribution in [0.2, 0.25) is 0 Å². The zero-order valence-corrected chi connectivity index (χ0v) is 11.7. The van der Waals surface area contributed by atoms with Crippen LogP contribution in [-0.2, 0) is 4.79 Å². The van der Waals surface area contributed by atoms with Gasteiger partial charge in [0.25, 0.3) is 0 Å². The summed E-state index contributed by atoms with van der Waals surface area (Å²) in [6, 6.07) is -0.641. The van der Waals surface area contributed by atoms with Crippen LogP contribution >= 0.6 is 0 Å². The third-order valence-corrected chi connectivity index (χ3v) is 3.70. The van der Waals surface area contributed by atoms with Gasteiger partial charge in [0.1, 0.15) is 6.04 Å². The lowest BCUT2D eigenvalue weighted by Gasteiger charge is -2.17. The van der Waals surface area contributed by atoms with Gasteiger partial charge in [-0.05, 0) is 39.8 Å². The number of nitrogens with zero attached hydrogens (tertiary/aromatic N) is 2. The van der Waals surface area contributed by atoms with Gasteiger partial charge in [0.15, 0.2) is 0 Å². The topological polar surface area (TPSA) is 87.0 Å². The Morgan fingerprint density at radius 1 is 1.47 bits per heavy atom. The Bertz CT molecular complexity index is 417. The highest BCUT2D eigenvalue weighted by atomic mass is 16.2. The van der Waals surface area contributed by atoms with Crippen LogP contribution < -0.4 is 11.1 Å². The Hall–Kier alpha value is -1.40. The zero-order valence-electron chi connectivity index (χ0n) is 11.7. The first kappa shape index (κ1) is 14.0. The molecule has 106 valence electrons. The molecule has 0 aliphatic carbocycles. The Kier molecular flexibility index (Phi) is 4.55. The number of carbonyl (C=O) groups is 1. The average Bonchev–Trinajstić information content (AvgIpc) is 2.99.